The average Bonchev–Trinajstić information content (AvgIpc) is 3.82. The number of hydrogen-bond donors (Lipinski definition) is 8. The van der Waals surface area contributed by atoms with Gasteiger partial charge in [-0.25, -0.2) is 9.37 Å². The first-order chi connectivity index (χ1) is 33.2. The number of nitro benzene ring substituents is 1. The number of nitrogens with zero attached hydrogens (tertiary/aromatic N) is 7. The van der Waals surface area contributed by atoms with E-state index in [2.05, 4.69) is 88.4 Å². The number of pyridine rings is 1. The van der Waals surface area contributed by atoms with Crippen LogP contribution >= 0.6 is 56.3 Å². The number of nitro groups is 1. The Kier molecular flexibility index (Phi) is 16.0. The van der Waals surface area contributed by atoms with E-state index in [0.717, 1.165) is 47.5 Å². The lowest BCUT2D eigenvalue weighted by Crippen LogP contribution is -2.04. The molecule has 8 N–H and O–H groups in total. The normalized spacial score (nSPS) is 11.1. The van der Waals surface area contributed by atoms with E-state index in [1.165, 1.54) is 48.7 Å². The minimum Gasteiger partial charge on any atom is -0.502 e. The molecule has 346 valence electrons. The van der Waals surface area contributed by atoms with Crippen LogP contribution in [0.1, 0.15) is 11.1 Å². The highest BCUT2D eigenvalue weighted by Gasteiger charge is 2.16. The molecule has 22 heteroatoms. The number of halogens is 3. The number of thiocarbonyl (C=S) groups is 2. The number of aromatic hydroxyl groups is 3. The van der Waals surface area contributed by atoms with E-state index in [1.54, 1.807) is 6.07 Å². The Labute approximate surface area is 418 Å². The Morgan fingerprint density at radius 1 is 0.725 bits per heavy atom. The van der Waals surface area contributed by atoms with Gasteiger partial charge in [-0.2, -0.15) is 5.10 Å². The molecule has 69 heavy (non-hydrogen) atoms. The largest absolute Gasteiger partial charge is 0.502 e. The summed E-state index contributed by atoms with van der Waals surface area (Å²) in [6.45, 7) is 2.01. The van der Waals surface area contributed by atoms with Crippen molar-refractivity contribution in [1.82, 2.24) is 15.0 Å². The van der Waals surface area contributed by atoms with Crippen LogP contribution in [0.15, 0.2) is 174 Å². The van der Waals surface area contributed by atoms with E-state index in [0.29, 0.717) is 28.3 Å². The number of hydrogen-bond acceptors (Lipinski definition) is 12. The van der Waals surface area contributed by atoms with Crippen LogP contribution in [0.5, 0.6) is 17.5 Å². The van der Waals surface area contributed by atoms with Crippen LogP contribution in [0.4, 0.5) is 38.6 Å². The van der Waals surface area contributed by atoms with Gasteiger partial charge in [0.1, 0.15) is 11.6 Å². The molecule has 0 atom stereocenters. The number of azo groups is 2. The number of H-pyrrole nitrogens is 2. The SMILES string of the molecule is Cc1ccc(NC(=S)N=Nc2c(O)[nH]c3ccc(Br)cc23)cc1.O=[N+]([O-])c1cccc(/C=N/Nc2ccc3ccccc3n2)c1O.Oc1[nH]c2ccc(Br)cc2c1N=NC(=S)Nc1ccc(F)cc1. The van der Waals surface area contributed by atoms with E-state index in [1.807, 2.05) is 97.9 Å². The van der Waals surface area contributed by atoms with Gasteiger partial charge >= 0.3 is 5.69 Å². The second-order valence-corrected chi connectivity index (χ2v) is 17.0. The minimum absolute atomic E-state index is 0.0417. The summed E-state index contributed by atoms with van der Waals surface area (Å²) in [6.07, 6.45) is 1.30. The number of aryl methyl sites for hydroxylation is 1. The first-order valence-corrected chi connectivity index (χ1v) is 22.5. The third-order valence-electron chi connectivity index (χ3n) is 9.53. The maximum Gasteiger partial charge on any atom is 0.311 e. The number of aromatic nitrogens is 3. The smallest absolute Gasteiger partial charge is 0.311 e. The predicted molar refractivity (Wildman–Crippen MR) is 282 cm³/mol. The number of benzene rings is 6. The van der Waals surface area contributed by atoms with Crippen LogP contribution in [0, 0.1) is 22.9 Å². The third kappa shape index (κ3) is 13.1. The predicted octanol–water partition coefficient (Wildman–Crippen LogP) is 14.0. The van der Waals surface area contributed by atoms with Crippen LogP contribution in [-0.4, -0.2) is 51.6 Å². The molecule has 0 unspecified atom stereocenters. The lowest BCUT2D eigenvalue weighted by molar-refractivity contribution is -0.385. The number of hydrazone groups is 1. The Morgan fingerprint density at radius 3 is 1.84 bits per heavy atom. The molecular weight excluding hydrogens is 1060 g/mol. The Hall–Kier alpha value is -8.05. The summed E-state index contributed by atoms with van der Waals surface area (Å²) in [5.74, 6) is -0.358. The number of phenolic OH excluding ortho intramolecular Hbond substituents is 1. The van der Waals surface area contributed by atoms with Crippen molar-refractivity contribution in [2.24, 2.45) is 25.6 Å². The maximum absolute atomic E-state index is 12.8. The number of nitrogens with one attached hydrogen (secondary N) is 5. The van der Waals surface area contributed by atoms with Crippen LogP contribution in [-0.2, 0) is 0 Å². The van der Waals surface area contributed by atoms with Crippen molar-refractivity contribution in [2.45, 2.75) is 6.92 Å². The summed E-state index contributed by atoms with van der Waals surface area (Å²) >= 11 is 17.0. The summed E-state index contributed by atoms with van der Waals surface area (Å²) in [7, 11) is 0. The molecule has 0 aliphatic rings. The van der Waals surface area contributed by atoms with Gasteiger partial charge in [-0.3, -0.25) is 15.5 Å². The molecule has 9 aromatic rings. The van der Waals surface area contributed by atoms with E-state index in [9.17, 15) is 29.8 Å². The van der Waals surface area contributed by atoms with Gasteiger partial charge in [-0.05, 0) is 128 Å². The number of fused-ring (bicyclic) bond motifs is 3. The molecule has 6 aromatic carbocycles. The van der Waals surface area contributed by atoms with Crippen molar-refractivity contribution in [3.05, 3.63) is 176 Å². The zero-order valence-electron chi connectivity index (χ0n) is 35.6. The standard InChI is InChI=1S/C16H13BrN4OS.C16H12N4O3.C15H10BrFN4OS/c1-9-2-5-11(6-3-9)18-16(23)21-20-14-12-8-10(17)4-7-13(12)19-15(14)22;21-16-12(5-3-7-14(16)20(22)23)10-17-19-15-9-8-11-4-1-2-6-13(11)18-15;16-8-1-6-12-11(7-8)13(14(22)19-12)20-21-15(23)18-10-4-2-9(17)3-5-10/h2-8,19,22H,1H3,(H,18,23);1-10,21H,(H,18,19);1-7,19,22H,(H,18,23)/b;17-10+;. The van der Waals surface area contributed by atoms with E-state index in [-0.39, 0.29) is 39.1 Å². The number of para-hydroxylation sites is 2. The van der Waals surface area contributed by atoms with Gasteiger partial charge in [0.2, 0.25) is 27.7 Å². The van der Waals surface area contributed by atoms with Crippen molar-refractivity contribution < 1.29 is 24.6 Å². The first-order valence-electron chi connectivity index (χ1n) is 20.1. The van der Waals surface area contributed by atoms with E-state index in [4.69, 9.17) is 24.4 Å². The second-order valence-electron chi connectivity index (χ2n) is 14.4. The molecule has 0 saturated carbocycles. The molecule has 0 fully saturated rings. The number of phenols is 1. The highest BCUT2D eigenvalue weighted by molar-refractivity contribution is 9.10. The van der Waals surface area contributed by atoms with Gasteiger partial charge in [0, 0.05) is 48.1 Å². The van der Waals surface area contributed by atoms with Gasteiger partial charge in [-0.15, -0.1) is 20.5 Å². The summed E-state index contributed by atoms with van der Waals surface area (Å²) < 4.78 is 14.6. The molecule has 3 aromatic heterocycles. The summed E-state index contributed by atoms with van der Waals surface area (Å²) in [5, 5.41) is 69.0. The molecule has 9 rings (SSSR count). The zero-order valence-corrected chi connectivity index (χ0v) is 40.4. The van der Waals surface area contributed by atoms with Crippen LogP contribution in [0.3, 0.4) is 0 Å². The lowest BCUT2D eigenvalue weighted by atomic mass is 10.2. The van der Waals surface area contributed by atoms with Crippen LogP contribution in [0.2, 0.25) is 0 Å². The Morgan fingerprint density at radius 2 is 1.28 bits per heavy atom. The van der Waals surface area contributed by atoms with E-state index >= 15 is 0 Å². The molecule has 0 aliphatic heterocycles. The topological polar surface area (TPSA) is 246 Å². The van der Waals surface area contributed by atoms with Crippen LogP contribution in [0.25, 0.3) is 32.7 Å². The molecule has 17 nitrogen and oxygen atoms in total. The summed E-state index contributed by atoms with van der Waals surface area (Å²) in [4.78, 5) is 20.2. The molecule has 0 saturated heterocycles. The fraction of sp³-hybridized carbons (Fsp3) is 0.0213. The van der Waals surface area contributed by atoms with Gasteiger partial charge in [0.05, 0.1) is 27.7 Å². The summed E-state index contributed by atoms with van der Waals surface area (Å²) in [5.41, 5.74) is 8.20. The fourth-order valence-electron chi connectivity index (χ4n) is 6.23. The quantitative estimate of drug-likeness (QED) is 0.0234. The second kappa shape index (κ2) is 22.6. The Bertz CT molecular complexity index is 3290. The molecule has 0 aliphatic carbocycles. The zero-order chi connectivity index (χ0) is 49.0. The van der Waals surface area contributed by atoms with Crippen molar-refractivity contribution in [2.75, 3.05) is 16.1 Å². The third-order valence-corrected chi connectivity index (χ3v) is 10.9. The van der Waals surface area contributed by atoms with Gasteiger partial charge in [0.25, 0.3) is 0 Å². The lowest BCUT2D eigenvalue weighted by Gasteiger charge is -2.03. The monoisotopic (exact) mass is 1090 g/mol. The van der Waals surface area contributed by atoms with Crippen LogP contribution < -0.4 is 16.1 Å². The van der Waals surface area contributed by atoms with E-state index < -0.39 is 10.7 Å². The van der Waals surface area contributed by atoms with Crippen molar-refractivity contribution >= 4 is 140 Å². The molecule has 0 amide bonds. The van der Waals surface area contributed by atoms with Gasteiger partial charge in [0.15, 0.2) is 11.4 Å². The summed E-state index contributed by atoms with van der Waals surface area (Å²) in [6, 6.07) is 40.1. The number of rotatable bonds is 8. The van der Waals surface area contributed by atoms with Gasteiger partial charge in [-0.1, -0.05) is 73.8 Å². The maximum atomic E-state index is 12.8. The molecule has 0 bridgehead atoms. The highest BCUT2D eigenvalue weighted by atomic mass is 79.9. The minimum atomic E-state index is -0.648. The Balaban J connectivity index is 0.000000153. The number of aromatic amines is 2. The average molecular weight is 1090 g/mol. The molecule has 0 radical (unpaired) electrons. The fourth-order valence-corrected chi connectivity index (χ4v) is 7.27. The highest BCUT2D eigenvalue weighted by Crippen LogP contribution is 2.38. The number of anilines is 3. The van der Waals surface area contributed by atoms with Crippen molar-refractivity contribution in [3.63, 3.8) is 0 Å². The molecular formula is C47H35Br2FN12O5S2. The first kappa shape index (κ1) is 48.9. The van der Waals surface area contributed by atoms with Crippen molar-refractivity contribution in [1.29, 1.82) is 0 Å². The molecule has 0 spiro atoms. The van der Waals surface area contributed by atoms with Crippen molar-refractivity contribution in [3.8, 4) is 17.5 Å². The molecule has 3 heterocycles. The van der Waals surface area contributed by atoms with Gasteiger partial charge < -0.3 is 35.9 Å².